The van der Waals surface area contributed by atoms with Gasteiger partial charge in [0.2, 0.25) is 0 Å². The number of aryl methyl sites for hydroxylation is 1. The molecule has 4 amide bonds. The molecule has 27 heavy (non-hydrogen) atoms. The third kappa shape index (κ3) is 3.60. The van der Waals surface area contributed by atoms with E-state index in [4.69, 9.17) is 0 Å². The number of carbonyl (C=O) groups excluding carboxylic acids is 3. The molecule has 1 aliphatic rings. The Balaban J connectivity index is 1.99. The molecule has 1 N–H and O–H groups in total. The molecular weight excluding hydrogens is 342 g/mol. The third-order valence-electron chi connectivity index (χ3n) is 4.44. The third-order valence-corrected chi connectivity index (χ3v) is 4.44. The predicted octanol–water partition coefficient (Wildman–Crippen LogP) is 2.98. The number of urea groups is 1. The smallest absolute Gasteiger partial charge is 0.335 e. The summed E-state index contributed by atoms with van der Waals surface area (Å²) >= 11 is 0. The number of barbiturate groups is 1. The monoisotopic (exact) mass is 363 g/mol. The highest BCUT2D eigenvalue weighted by Gasteiger charge is 2.37. The van der Waals surface area contributed by atoms with Crippen LogP contribution in [0.4, 0.5) is 16.2 Å². The van der Waals surface area contributed by atoms with Crippen LogP contribution in [0.3, 0.4) is 0 Å². The molecule has 0 bridgehead atoms. The Morgan fingerprint density at radius 1 is 1.00 bits per heavy atom. The highest BCUT2D eigenvalue weighted by Crippen LogP contribution is 2.26. The number of carbonyl (C=O) groups is 3. The summed E-state index contributed by atoms with van der Waals surface area (Å²) in [6, 6.07) is 13.9. The summed E-state index contributed by atoms with van der Waals surface area (Å²) in [7, 11) is 3.86. The van der Waals surface area contributed by atoms with Gasteiger partial charge in [-0.1, -0.05) is 37.3 Å². The van der Waals surface area contributed by atoms with Crippen LogP contribution in [0, 0.1) is 0 Å². The maximum atomic E-state index is 13.0. The first-order chi connectivity index (χ1) is 12.9. The van der Waals surface area contributed by atoms with Gasteiger partial charge in [0, 0.05) is 19.8 Å². The zero-order chi connectivity index (χ0) is 19.6. The maximum Gasteiger partial charge on any atom is 0.335 e. The van der Waals surface area contributed by atoms with Crippen LogP contribution in [-0.4, -0.2) is 31.9 Å². The van der Waals surface area contributed by atoms with E-state index in [1.165, 1.54) is 6.08 Å². The van der Waals surface area contributed by atoms with Gasteiger partial charge in [-0.3, -0.25) is 14.9 Å². The Hall–Kier alpha value is -3.41. The van der Waals surface area contributed by atoms with E-state index in [-0.39, 0.29) is 5.57 Å². The van der Waals surface area contributed by atoms with E-state index in [1.54, 1.807) is 12.1 Å². The normalized spacial score (nSPS) is 15.9. The molecule has 0 spiro atoms. The Labute approximate surface area is 158 Å². The van der Waals surface area contributed by atoms with E-state index in [0.717, 1.165) is 16.2 Å². The van der Waals surface area contributed by atoms with E-state index >= 15 is 0 Å². The van der Waals surface area contributed by atoms with E-state index in [0.29, 0.717) is 17.7 Å². The van der Waals surface area contributed by atoms with E-state index in [1.807, 2.05) is 62.3 Å². The summed E-state index contributed by atoms with van der Waals surface area (Å²) in [6.45, 7) is 1.94. The lowest BCUT2D eigenvalue weighted by atomic mass is 10.0. The topological polar surface area (TPSA) is 69.7 Å². The first-order valence-electron chi connectivity index (χ1n) is 8.69. The standard InChI is InChI=1S/C21H21N3O3/c1-4-15-7-5-6-8-18(15)24-20(26)17(19(25)22-21(24)27)13-14-9-11-16(12-10-14)23(2)3/h5-13H,4H2,1-3H3,(H,22,25,27)/b17-13-. The van der Waals surface area contributed by atoms with Gasteiger partial charge >= 0.3 is 6.03 Å². The zero-order valence-corrected chi connectivity index (χ0v) is 15.5. The van der Waals surface area contributed by atoms with E-state index < -0.39 is 17.8 Å². The molecule has 1 saturated heterocycles. The van der Waals surface area contributed by atoms with Crippen LogP contribution in [-0.2, 0) is 16.0 Å². The molecule has 1 heterocycles. The molecule has 6 heteroatoms. The molecular formula is C21H21N3O3. The van der Waals surface area contributed by atoms with Crippen LogP contribution in [0.5, 0.6) is 0 Å². The number of nitrogens with one attached hydrogen (secondary N) is 1. The van der Waals surface area contributed by atoms with Crippen molar-refractivity contribution in [3.63, 3.8) is 0 Å². The molecule has 2 aromatic carbocycles. The molecule has 0 radical (unpaired) electrons. The summed E-state index contributed by atoms with van der Waals surface area (Å²) < 4.78 is 0. The van der Waals surface area contributed by atoms with Crippen molar-refractivity contribution in [3.8, 4) is 0 Å². The lowest BCUT2D eigenvalue weighted by molar-refractivity contribution is -0.122. The van der Waals surface area contributed by atoms with Crippen molar-refractivity contribution in [3.05, 3.63) is 65.2 Å². The van der Waals surface area contributed by atoms with Crippen LogP contribution in [0.15, 0.2) is 54.1 Å². The number of nitrogens with zero attached hydrogens (tertiary/aromatic N) is 2. The van der Waals surface area contributed by atoms with Gasteiger partial charge in [-0.25, -0.2) is 9.69 Å². The fourth-order valence-electron chi connectivity index (χ4n) is 2.94. The summed E-state index contributed by atoms with van der Waals surface area (Å²) in [6.07, 6.45) is 2.16. The average Bonchev–Trinajstić information content (AvgIpc) is 2.65. The number of hydrogen-bond acceptors (Lipinski definition) is 4. The molecule has 0 aromatic heterocycles. The summed E-state index contributed by atoms with van der Waals surface area (Å²) in [4.78, 5) is 40.6. The fourth-order valence-corrected chi connectivity index (χ4v) is 2.94. The minimum atomic E-state index is -0.731. The van der Waals surface area contributed by atoms with Crippen LogP contribution >= 0.6 is 0 Å². The zero-order valence-electron chi connectivity index (χ0n) is 15.5. The second-order valence-corrected chi connectivity index (χ2v) is 6.43. The highest BCUT2D eigenvalue weighted by atomic mass is 16.2. The Morgan fingerprint density at radius 2 is 1.67 bits per heavy atom. The lowest BCUT2D eigenvalue weighted by Gasteiger charge is -2.28. The number of imide groups is 2. The molecule has 0 atom stereocenters. The molecule has 1 aliphatic heterocycles. The van der Waals surface area contributed by atoms with E-state index in [9.17, 15) is 14.4 Å². The minimum Gasteiger partial charge on any atom is -0.378 e. The maximum absolute atomic E-state index is 13.0. The highest BCUT2D eigenvalue weighted by molar-refractivity contribution is 6.39. The van der Waals surface area contributed by atoms with E-state index in [2.05, 4.69) is 5.32 Å². The van der Waals surface area contributed by atoms with Crippen molar-refractivity contribution in [2.45, 2.75) is 13.3 Å². The van der Waals surface area contributed by atoms with Crippen LogP contribution < -0.4 is 15.1 Å². The molecule has 0 aliphatic carbocycles. The quantitative estimate of drug-likeness (QED) is 0.670. The minimum absolute atomic E-state index is 0.0712. The summed E-state index contributed by atoms with van der Waals surface area (Å²) in [5.41, 5.74) is 2.98. The van der Waals surface area contributed by atoms with Gasteiger partial charge in [0.25, 0.3) is 11.8 Å². The number of hydrogen-bond donors (Lipinski definition) is 1. The van der Waals surface area contributed by atoms with Gasteiger partial charge in [0.15, 0.2) is 0 Å². The molecule has 6 nitrogen and oxygen atoms in total. The fraction of sp³-hybridized carbons (Fsp3) is 0.190. The lowest BCUT2D eigenvalue weighted by Crippen LogP contribution is -2.54. The van der Waals surface area contributed by atoms with Crippen molar-refractivity contribution in [1.82, 2.24) is 5.32 Å². The molecule has 0 saturated carbocycles. The first kappa shape index (κ1) is 18.4. The Kier molecular flexibility index (Phi) is 5.07. The molecule has 3 rings (SSSR count). The van der Waals surface area contributed by atoms with Gasteiger partial charge in [-0.05, 0) is 41.8 Å². The Morgan fingerprint density at radius 3 is 2.30 bits per heavy atom. The van der Waals surface area contributed by atoms with Gasteiger partial charge in [0.05, 0.1) is 5.69 Å². The molecule has 2 aromatic rings. The van der Waals surface area contributed by atoms with Crippen LogP contribution in [0.2, 0.25) is 0 Å². The first-order valence-corrected chi connectivity index (χ1v) is 8.69. The second-order valence-electron chi connectivity index (χ2n) is 6.43. The number of para-hydroxylation sites is 1. The van der Waals surface area contributed by atoms with Gasteiger partial charge in [0.1, 0.15) is 5.57 Å². The van der Waals surface area contributed by atoms with Crippen molar-refractivity contribution < 1.29 is 14.4 Å². The van der Waals surface area contributed by atoms with Gasteiger partial charge in [-0.15, -0.1) is 0 Å². The van der Waals surface area contributed by atoms with Crippen molar-refractivity contribution in [2.24, 2.45) is 0 Å². The van der Waals surface area contributed by atoms with Crippen LogP contribution in [0.1, 0.15) is 18.1 Å². The number of amides is 4. The molecule has 1 fully saturated rings. The summed E-state index contributed by atoms with van der Waals surface area (Å²) in [5.74, 6) is -1.31. The number of benzene rings is 2. The Bertz CT molecular complexity index is 930. The second kappa shape index (κ2) is 7.45. The van der Waals surface area contributed by atoms with Crippen LogP contribution in [0.25, 0.3) is 6.08 Å². The average molecular weight is 363 g/mol. The largest absolute Gasteiger partial charge is 0.378 e. The van der Waals surface area contributed by atoms with Crippen molar-refractivity contribution in [1.29, 1.82) is 0 Å². The predicted molar refractivity (Wildman–Crippen MR) is 106 cm³/mol. The SMILES string of the molecule is CCc1ccccc1N1C(=O)NC(=O)/C(=C/c2ccc(N(C)C)cc2)C1=O. The number of anilines is 2. The van der Waals surface area contributed by atoms with Gasteiger partial charge in [-0.2, -0.15) is 0 Å². The van der Waals surface area contributed by atoms with Crippen molar-refractivity contribution in [2.75, 3.05) is 23.9 Å². The molecule has 0 unspecified atom stereocenters. The van der Waals surface area contributed by atoms with Gasteiger partial charge < -0.3 is 4.90 Å². The van der Waals surface area contributed by atoms with Crippen molar-refractivity contribution >= 4 is 35.3 Å². The summed E-state index contributed by atoms with van der Waals surface area (Å²) in [5, 5.41) is 2.26. The molecule has 138 valence electrons. The number of rotatable bonds is 4.